The van der Waals surface area contributed by atoms with Gasteiger partial charge in [0.15, 0.2) is 17.1 Å². The standard InChI is InChI=1S/C26H34N8O4/c1-32(2)16-8-10-33(11-9-16)12-13-34-25-20(24(27)28-14-29-25)21(31-34)18-6-7-19(23-22(18)36-15-37-23)30-26(35)38-17-4-3-5-17/h6-7,14,16-17H,3-5,8-13,15H2,1-2H3,(H,30,35)(H2,27,28,29). The lowest BCUT2D eigenvalue weighted by molar-refractivity contribution is 0.0623. The molecule has 1 aliphatic carbocycles. The lowest BCUT2D eigenvalue weighted by atomic mass is 9.96. The molecule has 4 heterocycles. The molecule has 2 aromatic heterocycles. The Hall–Kier alpha value is -3.64. The van der Waals surface area contributed by atoms with Crippen LogP contribution >= 0.6 is 0 Å². The summed E-state index contributed by atoms with van der Waals surface area (Å²) in [5, 5.41) is 8.38. The topological polar surface area (TPSA) is 133 Å². The summed E-state index contributed by atoms with van der Waals surface area (Å²) in [5.41, 5.74) is 8.81. The average molecular weight is 523 g/mol. The number of hydrogen-bond donors (Lipinski definition) is 2. The summed E-state index contributed by atoms with van der Waals surface area (Å²) in [7, 11) is 4.30. The third-order valence-corrected chi connectivity index (χ3v) is 7.81. The number of piperidine rings is 1. The normalized spacial score (nSPS) is 18.2. The molecule has 12 nitrogen and oxygen atoms in total. The average Bonchev–Trinajstić information content (AvgIpc) is 3.52. The fourth-order valence-electron chi connectivity index (χ4n) is 5.33. The zero-order chi connectivity index (χ0) is 26.2. The van der Waals surface area contributed by atoms with Gasteiger partial charge in [-0.15, -0.1) is 0 Å². The van der Waals surface area contributed by atoms with Gasteiger partial charge in [0.05, 0.1) is 17.6 Å². The Kier molecular flexibility index (Phi) is 6.66. The predicted molar refractivity (Wildman–Crippen MR) is 142 cm³/mol. The minimum absolute atomic E-state index is 0.0165. The van der Waals surface area contributed by atoms with E-state index < -0.39 is 6.09 Å². The number of nitrogens with zero attached hydrogens (tertiary/aromatic N) is 6. The maximum absolute atomic E-state index is 12.4. The summed E-state index contributed by atoms with van der Waals surface area (Å²) in [6.07, 6.45) is 6.15. The number of fused-ring (bicyclic) bond motifs is 2. The highest BCUT2D eigenvalue weighted by Crippen LogP contribution is 2.47. The second-order valence-electron chi connectivity index (χ2n) is 10.4. The maximum Gasteiger partial charge on any atom is 0.412 e. The zero-order valence-corrected chi connectivity index (χ0v) is 21.9. The Bertz CT molecular complexity index is 1330. The van der Waals surface area contributed by atoms with Crippen LogP contribution < -0.4 is 20.5 Å². The van der Waals surface area contributed by atoms with E-state index in [4.69, 9.17) is 25.0 Å². The van der Waals surface area contributed by atoms with E-state index >= 15 is 0 Å². The van der Waals surface area contributed by atoms with Gasteiger partial charge < -0.3 is 29.7 Å². The fraction of sp³-hybridized carbons (Fsp3) is 0.538. The van der Waals surface area contributed by atoms with Gasteiger partial charge in [0.1, 0.15) is 23.9 Å². The molecule has 1 saturated carbocycles. The Morgan fingerprint density at radius 1 is 1.13 bits per heavy atom. The molecule has 0 atom stereocenters. The van der Waals surface area contributed by atoms with Crippen LogP contribution in [0.3, 0.4) is 0 Å². The van der Waals surface area contributed by atoms with Gasteiger partial charge in [-0.3, -0.25) is 5.32 Å². The molecule has 1 saturated heterocycles. The first-order valence-electron chi connectivity index (χ1n) is 13.2. The third kappa shape index (κ3) is 4.69. The Labute approximate surface area is 221 Å². The molecule has 3 aliphatic rings. The summed E-state index contributed by atoms with van der Waals surface area (Å²) in [5.74, 6) is 1.28. The molecule has 0 spiro atoms. The van der Waals surface area contributed by atoms with Crippen LogP contribution in [0.25, 0.3) is 22.3 Å². The molecule has 38 heavy (non-hydrogen) atoms. The number of carbonyl (C=O) groups is 1. The molecular weight excluding hydrogens is 488 g/mol. The Morgan fingerprint density at radius 2 is 1.92 bits per heavy atom. The van der Waals surface area contributed by atoms with Crippen LogP contribution in [0, 0.1) is 0 Å². The van der Waals surface area contributed by atoms with Crippen LogP contribution in [0.15, 0.2) is 18.5 Å². The second-order valence-corrected chi connectivity index (χ2v) is 10.4. The van der Waals surface area contributed by atoms with E-state index in [2.05, 4.69) is 39.2 Å². The van der Waals surface area contributed by atoms with Crippen LogP contribution in [0.4, 0.5) is 16.3 Å². The highest BCUT2D eigenvalue weighted by molar-refractivity contribution is 6.01. The molecule has 6 rings (SSSR count). The summed E-state index contributed by atoms with van der Waals surface area (Å²) < 4.78 is 18.9. The van der Waals surface area contributed by atoms with Crippen molar-refractivity contribution in [1.82, 2.24) is 29.5 Å². The molecule has 2 aliphatic heterocycles. The van der Waals surface area contributed by atoms with E-state index in [1.165, 1.54) is 6.33 Å². The lowest BCUT2D eigenvalue weighted by Crippen LogP contribution is -2.42. The van der Waals surface area contributed by atoms with Crippen molar-refractivity contribution in [2.75, 3.05) is 51.6 Å². The number of likely N-dealkylation sites (tertiary alicyclic amines) is 1. The first-order chi connectivity index (χ1) is 18.5. The van der Waals surface area contributed by atoms with E-state index in [1.54, 1.807) is 6.07 Å². The number of benzene rings is 1. The molecule has 12 heteroatoms. The summed E-state index contributed by atoms with van der Waals surface area (Å²) in [4.78, 5) is 25.9. The van der Waals surface area contributed by atoms with Crippen molar-refractivity contribution >= 4 is 28.6 Å². The smallest absolute Gasteiger partial charge is 0.412 e. The van der Waals surface area contributed by atoms with Gasteiger partial charge in [0.25, 0.3) is 0 Å². The number of ether oxygens (including phenoxy) is 3. The van der Waals surface area contributed by atoms with Crippen molar-refractivity contribution in [1.29, 1.82) is 0 Å². The second kappa shape index (κ2) is 10.3. The largest absolute Gasteiger partial charge is 0.453 e. The summed E-state index contributed by atoms with van der Waals surface area (Å²) in [6, 6.07) is 4.25. The minimum Gasteiger partial charge on any atom is -0.453 e. The first-order valence-corrected chi connectivity index (χ1v) is 13.2. The molecule has 0 radical (unpaired) electrons. The number of amides is 1. The van der Waals surface area contributed by atoms with Gasteiger partial charge in [0, 0.05) is 18.2 Å². The minimum atomic E-state index is -0.498. The number of aromatic nitrogens is 4. The van der Waals surface area contributed by atoms with Crippen LogP contribution in [-0.2, 0) is 11.3 Å². The quantitative estimate of drug-likeness (QED) is 0.477. The number of hydrogen-bond acceptors (Lipinski definition) is 10. The highest BCUT2D eigenvalue weighted by atomic mass is 16.7. The zero-order valence-electron chi connectivity index (χ0n) is 21.9. The number of nitrogens with two attached hydrogens (primary N) is 1. The van der Waals surface area contributed by atoms with Gasteiger partial charge in [0.2, 0.25) is 6.79 Å². The molecule has 202 valence electrons. The molecule has 3 N–H and O–H groups in total. The summed E-state index contributed by atoms with van der Waals surface area (Å²) in [6.45, 7) is 3.69. The van der Waals surface area contributed by atoms with E-state index in [0.717, 1.165) is 51.7 Å². The number of anilines is 2. The van der Waals surface area contributed by atoms with Crippen molar-refractivity contribution < 1.29 is 19.0 Å². The van der Waals surface area contributed by atoms with E-state index in [-0.39, 0.29) is 12.9 Å². The van der Waals surface area contributed by atoms with Gasteiger partial charge in [-0.2, -0.15) is 5.10 Å². The van der Waals surface area contributed by atoms with Crippen molar-refractivity contribution in [3.05, 3.63) is 18.5 Å². The molecule has 1 amide bonds. The number of nitrogens with one attached hydrogen (secondary N) is 1. The molecular formula is C26H34N8O4. The molecule has 0 unspecified atom stereocenters. The fourth-order valence-corrected chi connectivity index (χ4v) is 5.33. The SMILES string of the molecule is CN(C)C1CCN(CCn2nc(-c3ccc(NC(=O)OC4CCC4)c4c3OCO4)c3c(N)ncnc32)CC1. The Balaban J connectivity index is 1.26. The van der Waals surface area contributed by atoms with Gasteiger partial charge in [-0.25, -0.2) is 19.4 Å². The van der Waals surface area contributed by atoms with Gasteiger partial charge in [-0.05, 0) is 71.4 Å². The van der Waals surface area contributed by atoms with Crippen LogP contribution in [0.2, 0.25) is 0 Å². The van der Waals surface area contributed by atoms with E-state index in [9.17, 15) is 4.79 Å². The molecule has 3 aromatic rings. The van der Waals surface area contributed by atoms with Crippen LogP contribution in [0.5, 0.6) is 11.5 Å². The van der Waals surface area contributed by atoms with Gasteiger partial charge in [-0.1, -0.05) is 0 Å². The van der Waals surface area contributed by atoms with Crippen LogP contribution in [0.1, 0.15) is 32.1 Å². The number of nitrogen functional groups attached to an aromatic ring is 1. The van der Waals surface area contributed by atoms with Gasteiger partial charge >= 0.3 is 6.09 Å². The molecule has 0 bridgehead atoms. The van der Waals surface area contributed by atoms with Crippen molar-refractivity contribution in [2.24, 2.45) is 0 Å². The lowest BCUT2D eigenvalue weighted by Gasteiger charge is -2.35. The third-order valence-electron chi connectivity index (χ3n) is 7.81. The highest BCUT2D eigenvalue weighted by Gasteiger charge is 2.29. The predicted octanol–water partition coefficient (Wildman–Crippen LogP) is 2.93. The maximum atomic E-state index is 12.4. The summed E-state index contributed by atoms with van der Waals surface area (Å²) >= 11 is 0. The van der Waals surface area contributed by atoms with Crippen molar-refractivity contribution in [2.45, 2.75) is 50.8 Å². The molecule has 2 fully saturated rings. The van der Waals surface area contributed by atoms with Crippen LogP contribution in [-0.4, -0.2) is 88.3 Å². The van der Waals surface area contributed by atoms with E-state index in [1.807, 2.05) is 10.7 Å². The van der Waals surface area contributed by atoms with Crippen molar-refractivity contribution in [3.63, 3.8) is 0 Å². The first kappa shape index (κ1) is 24.7. The van der Waals surface area contributed by atoms with Crippen molar-refractivity contribution in [3.8, 4) is 22.8 Å². The monoisotopic (exact) mass is 522 g/mol. The number of carbonyl (C=O) groups excluding carboxylic acids is 1. The number of rotatable bonds is 7. The Morgan fingerprint density at radius 3 is 2.66 bits per heavy atom. The van der Waals surface area contributed by atoms with E-state index in [0.29, 0.717) is 57.9 Å². The molecule has 1 aromatic carbocycles.